The van der Waals surface area contributed by atoms with Gasteiger partial charge in [-0.3, -0.25) is 4.99 Å². The number of nitrogens with zero attached hydrogens (tertiary/aromatic N) is 1. The highest BCUT2D eigenvalue weighted by Crippen LogP contribution is 2.20. The SMILES string of the molecule is CC1=NC[C@H](O)[C@@H](O)[C@@]1(C)O. The van der Waals surface area contributed by atoms with Crippen molar-refractivity contribution in [2.75, 3.05) is 6.54 Å². The molecule has 1 heterocycles. The maximum absolute atomic E-state index is 9.54. The lowest BCUT2D eigenvalue weighted by molar-refractivity contribution is -0.0828. The number of aliphatic imine (C=N–C) groups is 1. The highest BCUT2D eigenvalue weighted by atomic mass is 16.4. The molecule has 0 amide bonds. The maximum Gasteiger partial charge on any atom is 0.127 e. The van der Waals surface area contributed by atoms with Crippen molar-refractivity contribution >= 4 is 5.71 Å². The molecule has 0 fully saturated rings. The summed E-state index contributed by atoms with van der Waals surface area (Å²) in [6, 6.07) is 0. The fraction of sp³-hybridized carbons (Fsp3) is 0.857. The number of aliphatic hydroxyl groups is 3. The van der Waals surface area contributed by atoms with Crippen molar-refractivity contribution in [1.29, 1.82) is 0 Å². The summed E-state index contributed by atoms with van der Waals surface area (Å²) >= 11 is 0. The number of hydrogen-bond acceptors (Lipinski definition) is 4. The topological polar surface area (TPSA) is 73.1 Å². The van der Waals surface area contributed by atoms with Gasteiger partial charge in [0.15, 0.2) is 0 Å². The van der Waals surface area contributed by atoms with E-state index in [1.807, 2.05) is 0 Å². The molecule has 0 unspecified atom stereocenters. The minimum absolute atomic E-state index is 0.170. The Hall–Kier alpha value is -0.450. The van der Waals surface area contributed by atoms with Crippen LogP contribution in [0.15, 0.2) is 4.99 Å². The summed E-state index contributed by atoms with van der Waals surface area (Å²) < 4.78 is 0. The van der Waals surface area contributed by atoms with Crippen LogP contribution in [0.1, 0.15) is 13.8 Å². The second kappa shape index (κ2) is 2.55. The zero-order valence-electron chi connectivity index (χ0n) is 6.65. The van der Waals surface area contributed by atoms with E-state index in [1.54, 1.807) is 6.92 Å². The summed E-state index contributed by atoms with van der Waals surface area (Å²) in [4.78, 5) is 3.87. The van der Waals surface area contributed by atoms with Gasteiger partial charge < -0.3 is 15.3 Å². The molecule has 0 aromatic heterocycles. The van der Waals surface area contributed by atoms with Crippen LogP contribution >= 0.6 is 0 Å². The molecule has 0 bridgehead atoms. The molecule has 0 saturated heterocycles. The fourth-order valence-electron chi connectivity index (χ4n) is 1.08. The van der Waals surface area contributed by atoms with E-state index in [2.05, 4.69) is 4.99 Å². The molecule has 0 aliphatic carbocycles. The zero-order valence-corrected chi connectivity index (χ0v) is 6.65. The Balaban J connectivity index is 2.91. The normalized spacial score (nSPS) is 45.4. The van der Waals surface area contributed by atoms with Crippen LogP contribution in [0, 0.1) is 0 Å². The molecule has 0 radical (unpaired) electrons. The van der Waals surface area contributed by atoms with Crippen LogP contribution in [0.5, 0.6) is 0 Å². The van der Waals surface area contributed by atoms with Crippen LogP contribution in [0.4, 0.5) is 0 Å². The molecule has 11 heavy (non-hydrogen) atoms. The molecule has 0 aromatic carbocycles. The van der Waals surface area contributed by atoms with Crippen molar-refractivity contribution in [1.82, 2.24) is 0 Å². The van der Waals surface area contributed by atoms with Crippen molar-refractivity contribution in [3.63, 3.8) is 0 Å². The van der Waals surface area contributed by atoms with Crippen LogP contribution in [0.2, 0.25) is 0 Å². The van der Waals surface area contributed by atoms with Crippen molar-refractivity contribution in [3.05, 3.63) is 0 Å². The van der Waals surface area contributed by atoms with Gasteiger partial charge in [0.1, 0.15) is 17.8 Å². The lowest BCUT2D eigenvalue weighted by Gasteiger charge is -2.35. The van der Waals surface area contributed by atoms with Gasteiger partial charge in [0, 0.05) is 5.71 Å². The first-order chi connectivity index (χ1) is 4.96. The van der Waals surface area contributed by atoms with E-state index < -0.39 is 17.8 Å². The molecular formula is C7H13NO3. The smallest absolute Gasteiger partial charge is 0.127 e. The van der Waals surface area contributed by atoms with Gasteiger partial charge in [0.05, 0.1) is 6.54 Å². The molecule has 1 rings (SSSR count). The van der Waals surface area contributed by atoms with E-state index >= 15 is 0 Å². The lowest BCUT2D eigenvalue weighted by atomic mass is 9.88. The van der Waals surface area contributed by atoms with Gasteiger partial charge in [0.2, 0.25) is 0 Å². The number of hydrogen-bond donors (Lipinski definition) is 3. The van der Waals surface area contributed by atoms with Gasteiger partial charge in [-0.25, -0.2) is 0 Å². The van der Waals surface area contributed by atoms with E-state index in [0.29, 0.717) is 5.71 Å². The van der Waals surface area contributed by atoms with Crippen LogP contribution in [-0.2, 0) is 0 Å². The highest BCUT2D eigenvalue weighted by Gasteiger charge is 2.40. The summed E-state index contributed by atoms with van der Waals surface area (Å²) in [6.07, 6.45) is -2.08. The predicted molar refractivity (Wildman–Crippen MR) is 40.6 cm³/mol. The van der Waals surface area contributed by atoms with Gasteiger partial charge in [0.25, 0.3) is 0 Å². The van der Waals surface area contributed by atoms with Crippen molar-refractivity contribution in [2.24, 2.45) is 4.99 Å². The Bertz CT molecular complexity index is 188. The van der Waals surface area contributed by atoms with Crippen LogP contribution < -0.4 is 0 Å². The quantitative estimate of drug-likeness (QED) is 0.421. The van der Waals surface area contributed by atoms with E-state index in [9.17, 15) is 10.2 Å². The van der Waals surface area contributed by atoms with Crippen molar-refractivity contribution in [3.8, 4) is 0 Å². The van der Waals surface area contributed by atoms with Gasteiger partial charge in [-0.05, 0) is 13.8 Å². The van der Waals surface area contributed by atoms with E-state index in [4.69, 9.17) is 5.11 Å². The molecule has 3 N–H and O–H groups in total. The second-order valence-electron chi connectivity index (χ2n) is 3.09. The Labute approximate surface area is 65.2 Å². The Morgan fingerprint density at radius 2 is 2.09 bits per heavy atom. The zero-order chi connectivity index (χ0) is 8.65. The van der Waals surface area contributed by atoms with Crippen LogP contribution in [-0.4, -0.2) is 45.4 Å². The third-order valence-corrected chi connectivity index (χ3v) is 2.19. The Kier molecular flexibility index (Phi) is 2.00. The first kappa shape index (κ1) is 8.64. The third kappa shape index (κ3) is 1.29. The average molecular weight is 159 g/mol. The monoisotopic (exact) mass is 159 g/mol. The minimum Gasteiger partial charge on any atom is -0.388 e. The third-order valence-electron chi connectivity index (χ3n) is 2.19. The summed E-state index contributed by atoms with van der Waals surface area (Å²) in [5.74, 6) is 0. The average Bonchev–Trinajstić information content (AvgIpc) is 1.95. The highest BCUT2D eigenvalue weighted by molar-refractivity contribution is 5.91. The van der Waals surface area contributed by atoms with Crippen molar-refractivity contribution < 1.29 is 15.3 Å². The van der Waals surface area contributed by atoms with Crippen LogP contribution in [0.25, 0.3) is 0 Å². The molecule has 64 valence electrons. The maximum atomic E-state index is 9.54. The van der Waals surface area contributed by atoms with Crippen molar-refractivity contribution in [2.45, 2.75) is 31.7 Å². The largest absolute Gasteiger partial charge is 0.388 e. The van der Waals surface area contributed by atoms with E-state index in [-0.39, 0.29) is 6.54 Å². The summed E-state index contributed by atoms with van der Waals surface area (Å²) in [6.45, 7) is 3.25. The second-order valence-corrected chi connectivity index (χ2v) is 3.09. The standard InChI is InChI=1S/C7H13NO3/c1-4-7(2,11)6(10)5(9)3-8-4/h5-6,9-11H,3H2,1-2H3/t5-,6+,7-/m0/s1. The molecule has 4 nitrogen and oxygen atoms in total. The molecular weight excluding hydrogens is 146 g/mol. The molecule has 4 heteroatoms. The van der Waals surface area contributed by atoms with Gasteiger partial charge in [-0.15, -0.1) is 0 Å². The van der Waals surface area contributed by atoms with Crippen LogP contribution in [0.3, 0.4) is 0 Å². The molecule has 3 atom stereocenters. The fourth-order valence-corrected chi connectivity index (χ4v) is 1.08. The Morgan fingerprint density at radius 1 is 1.55 bits per heavy atom. The van der Waals surface area contributed by atoms with Gasteiger partial charge in [-0.2, -0.15) is 0 Å². The summed E-state index contributed by atoms with van der Waals surface area (Å²) in [7, 11) is 0. The number of rotatable bonds is 0. The minimum atomic E-state index is -1.38. The summed E-state index contributed by atoms with van der Waals surface area (Å²) in [5.41, 5.74) is -0.909. The summed E-state index contributed by atoms with van der Waals surface area (Å²) in [5, 5.41) is 28.0. The molecule has 0 spiro atoms. The molecule has 0 aromatic rings. The van der Waals surface area contributed by atoms with Gasteiger partial charge >= 0.3 is 0 Å². The van der Waals surface area contributed by atoms with E-state index in [1.165, 1.54) is 6.92 Å². The van der Waals surface area contributed by atoms with Gasteiger partial charge in [-0.1, -0.05) is 0 Å². The predicted octanol–water partition coefficient (Wildman–Crippen LogP) is -1.07. The lowest BCUT2D eigenvalue weighted by Crippen LogP contribution is -2.55. The molecule has 1 aliphatic rings. The number of aliphatic hydroxyl groups excluding tert-OH is 2. The Morgan fingerprint density at radius 3 is 2.55 bits per heavy atom. The first-order valence-corrected chi connectivity index (χ1v) is 3.56. The molecule has 1 aliphatic heterocycles. The molecule has 0 saturated carbocycles. The van der Waals surface area contributed by atoms with E-state index in [0.717, 1.165) is 0 Å². The first-order valence-electron chi connectivity index (χ1n) is 3.56.